The van der Waals surface area contributed by atoms with Gasteiger partial charge < -0.3 is 15.0 Å². The SMILES string of the molecule is CCCCN1C(C=O)=C(Cl)NC1N1CCOCC1. The van der Waals surface area contributed by atoms with Gasteiger partial charge in [0.1, 0.15) is 10.9 Å². The molecule has 1 fully saturated rings. The van der Waals surface area contributed by atoms with E-state index in [1.807, 2.05) is 0 Å². The van der Waals surface area contributed by atoms with E-state index < -0.39 is 0 Å². The number of carbonyl (C=O) groups excluding carboxylic acids is 1. The molecule has 0 bridgehead atoms. The third-order valence-electron chi connectivity index (χ3n) is 3.34. The van der Waals surface area contributed by atoms with Gasteiger partial charge in [-0.15, -0.1) is 0 Å². The molecule has 102 valence electrons. The maximum atomic E-state index is 11.2. The van der Waals surface area contributed by atoms with E-state index in [1.54, 1.807) is 0 Å². The fraction of sp³-hybridized carbons (Fsp3) is 0.750. The first kappa shape index (κ1) is 13.6. The Hall–Kier alpha value is -0.780. The molecule has 2 rings (SSSR count). The first-order chi connectivity index (χ1) is 8.77. The summed E-state index contributed by atoms with van der Waals surface area (Å²) in [5, 5.41) is 3.65. The Morgan fingerprint density at radius 1 is 1.50 bits per heavy atom. The molecule has 1 N–H and O–H groups in total. The monoisotopic (exact) mass is 273 g/mol. The summed E-state index contributed by atoms with van der Waals surface area (Å²) in [6.45, 7) is 6.16. The molecule has 6 heteroatoms. The van der Waals surface area contributed by atoms with Crippen molar-refractivity contribution in [3.63, 3.8) is 0 Å². The minimum absolute atomic E-state index is 0.00634. The van der Waals surface area contributed by atoms with Gasteiger partial charge in [-0.1, -0.05) is 24.9 Å². The average Bonchev–Trinajstić information content (AvgIpc) is 2.73. The molecule has 2 heterocycles. The summed E-state index contributed by atoms with van der Waals surface area (Å²) in [4.78, 5) is 15.5. The van der Waals surface area contributed by atoms with E-state index in [0.29, 0.717) is 10.9 Å². The van der Waals surface area contributed by atoms with Crippen LogP contribution in [0.2, 0.25) is 0 Å². The number of allylic oxidation sites excluding steroid dienone is 1. The second kappa shape index (κ2) is 6.41. The van der Waals surface area contributed by atoms with Crippen LogP contribution in [-0.2, 0) is 9.53 Å². The van der Waals surface area contributed by atoms with Gasteiger partial charge in [-0.05, 0) is 6.42 Å². The van der Waals surface area contributed by atoms with Gasteiger partial charge in [0.15, 0.2) is 12.6 Å². The van der Waals surface area contributed by atoms with E-state index in [-0.39, 0.29) is 6.29 Å². The number of nitrogens with one attached hydrogen (secondary N) is 1. The van der Waals surface area contributed by atoms with Gasteiger partial charge in [-0.2, -0.15) is 0 Å². The number of halogens is 1. The molecule has 0 aromatic carbocycles. The number of rotatable bonds is 5. The molecule has 0 aliphatic carbocycles. The Labute approximate surface area is 113 Å². The average molecular weight is 274 g/mol. The molecule has 0 amide bonds. The highest BCUT2D eigenvalue weighted by Gasteiger charge is 2.34. The van der Waals surface area contributed by atoms with Crippen molar-refractivity contribution in [3.8, 4) is 0 Å². The highest BCUT2D eigenvalue weighted by molar-refractivity contribution is 6.31. The van der Waals surface area contributed by atoms with Crippen LogP contribution >= 0.6 is 11.6 Å². The largest absolute Gasteiger partial charge is 0.379 e. The summed E-state index contributed by atoms with van der Waals surface area (Å²) in [6, 6.07) is 0. The number of carbonyl (C=O) groups is 1. The van der Waals surface area contributed by atoms with Crippen LogP contribution in [0.1, 0.15) is 19.8 Å². The topological polar surface area (TPSA) is 44.8 Å². The molecular weight excluding hydrogens is 254 g/mol. The molecule has 1 atom stereocenters. The molecule has 2 aliphatic heterocycles. The van der Waals surface area contributed by atoms with E-state index in [2.05, 4.69) is 22.0 Å². The van der Waals surface area contributed by atoms with Gasteiger partial charge >= 0.3 is 0 Å². The first-order valence-electron chi connectivity index (χ1n) is 6.48. The number of ether oxygens (including phenoxy) is 1. The molecule has 5 nitrogen and oxygen atoms in total. The Morgan fingerprint density at radius 3 is 2.83 bits per heavy atom. The minimum atomic E-state index is -0.00634. The second-order valence-corrected chi connectivity index (χ2v) is 4.91. The Balaban J connectivity index is 2.07. The Bertz CT molecular complexity index is 329. The maximum absolute atomic E-state index is 11.2. The third kappa shape index (κ3) is 2.79. The fourth-order valence-electron chi connectivity index (χ4n) is 2.32. The van der Waals surface area contributed by atoms with Crippen LogP contribution in [0.4, 0.5) is 0 Å². The van der Waals surface area contributed by atoms with Gasteiger partial charge in [-0.3, -0.25) is 9.69 Å². The third-order valence-corrected chi connectivity index (χ3v) is 3.64. The maximum Gasteiger partial charge on any atom is 0.169 e. The van der Waals surface area contributed by atoms with E-state index in [0.717, 1.165) is 52.0 Å². The summed E-state index contributed by atoms with van der Waals surface area (Å²) in [7, 11) is 0. The van der Waals surface area contributed by atoms with E-state index in [4.69, 9.17) is 16.3 Å². The van der Waals surface area contributed by atoms with Gasteiger partial charge in [0.2, 0.25) is 0 Å². The quantitative estimate of drug-likeness (QED) is 0.596. The van der Waals surface area contributed by atoms with Gasteiger partial charge in [0.05, 0.1) is 13.2 Å². The van der Waals surface area contributed by atoms with Crippen LogP contribution in [0.15, 0.2) is 10.9 Å². The molecular formula is C12H20ClN3O2. The molecule has 0 spiro atoms. The molecule has 0 aromatic heterocycles. The number of unbranched alkanes of at least 4 members (excludes halogenated alkanes) is 1. The van der Waals surface area contributed by atoms with E-state index in [9.17, 15) is 4.79 Å². The lowest BCUT2D eigenvalue weighted by molar-refractivity contribution is -0.107. The number of aldehydes is 1. The lowest BCUT2D eigenvalue weighted by atomic mass is 10.3. The van der Waals surface area contributed by atoms with Crippen LogP contribution in [-0.4, -0.2) is 55.2 Å². The highest BCUT2D eigenvalue weighted by atomic mass is 35.5. The molecule has 1 saturated heterocycles. The molecule has 2 aliphatic rings. The fourth-order valence-corrected chi connectivity index (χ4v) is 2.57. The van der Waals surface area contributed by atoms with Crippen molar-refractivity contribution in [1.82, 2.24) is 15.1 Å². The summed E-state index contributed by atoms with van der Waals surface area (Å²) in [5.74, 6) is 0. The lowest BCUT2D eigenvalue weighted by Crippen LogP contribution is -2.55. The molecule has 0 radical (unpaired) electrons. The molecule has 1 unspecified atom stereocenters. The van der Waals surface area contributed by atoms with Crippen molar-refractivity contribution in [1.29, 1.82) is 0 Å². The van der Waals surface area contributed by atoms with Crippen LogP contribution in [0.3, 0.4) is 0 Å². The normalized spacial score (nSPS) is 25.4. The smallest absolute Gasteiger partial charge is 0.169 e. The van der Waals surface area contributed by atoms with Crippen molar-refractivity contribution in [2.45, 2.75) is 26.1 Å². The zero-order valence-electron chi connectivity index (χ0n) is 10.7. The van der Waals surface area contributed by atoms with E-state index >= 15 is 0 Å². The van der Waals surface area contributed by atoms with Crippen LogP contribution in [0.25, 0.3) is 0 Å². The predicted molar refractivity (Wildman–Crippen MR) is 69.9 cm³/mol. The van der Waals surface area contributed by atoms with Crippen LogP contribution in [0, 0.1) is 0 Å². The highest BCUT2D eigenvalue weighted by Crippen LogP contribution is 2.24. The van der Waals surface area contributed by atoms with Gasteiger partial charge in [-0.25, -0.2) is 0 Å². The second-order valence-electron chi connectivity index (χ2n) is 4.53. The van der Waals surface area contributed by atoms with Crippen molar-refractivity contribution >= 4 is 17.9 Å². The summed E-state index contributed by atoms with van der Waals surface area (Å²) < 4.78 is 5.35. The van der Waals surface area contributed by atoms with Crippen molar-refractivity contribution in [3.05, 3.63) is 10.9 Å². The zero-order valence-corrected chi connectivity index (χ0v) is 11.4. The standard InChI is InChI=1S/C12H20ClN3O2/c1-2-3-4-16-10(9-17)11(13)14-12(16)15-5-7-18-8-6-15/h9,12,14H,2-8H2,1H3. The van der Waals surface area contributed by atoms with Gasteiger partial charge in [0.25, 0.3) is 0 Å². The van der Waals surface area contributed by atoms with Crippen molar-refractivity contribution in [2.24, 2.45) is 0 Å². The van der Waals surface area contributed by atoms with E-state index in [1.165, 1.54) is 0 Å². The van der Waals surface area contributed by atoms with Crippen molar-refractivity contribution in [2.75, 3.05) is 32.8 Å². The summed E-state index contributed by atoms with van der Waals surface area (Å²) in [6.07, 6.45) is 2.97. The Kier molecular flexibility index (Phi) is 4.86. The van der Waals surface area contributed by atoms with Crippen molar-refractivity contribution < 1.29 is 9.53 Å². The lowest BCUT2D eigenvalue weighted by Gasteiger charge is -2.38. The minimum Gasteiger partial charge on any atom is -0.379 e. The van der Waals surface area contributed by atoms with Crippen LogP contribution < -0.4 is 5.32 Å². The number of hydrogen-bond acceptors (Lipinski definition) is 5. The molecule has 18 heavy (non-hydrogen) atoms. The Morgan fingerprint density at radius 2 is 2.22 bits per heavy atom. The number of nitrogens with zero attached hydrogens (tertiary/aromatic N) is 2. The predicted octanol–water partition coefficient (Wildman–Crippen LogP) is 0.914. The van der Waals surface area contributed by atoms with Gasteiger partial charge in [0, 0.05) is 19.6 Å². The summed E-state index contributed by atoms with van der Waals surface area (Å²) in [5.41, 5.74) is 0.571. The zero-order chi connectivity index (χ0) is 13.0. The summed E-state index contributed by atoms with van der Waals surface area (Å²) >= 11 is 6.10. The molecule has 0 aromatic rings. The number of morpholine rings is 1. The molecule has 0 saturated carbocycles. The van der Waals surface area contributed by atoms with Crippen LogP contribution in [0.5, 0.6) is 0 Å². The number of hydrogen-bond donors (Lipinski definition) is 1. The first-order valence-corrected chi connectivity index (χ1v) is 6.85.